The molecule has 5 heteroatoms. The second-order valence-corrected chi connectivity index (χ2v) is 5.91. The molecule has 98 valence electrons. The number of rotatable bonds is 4. The maximum absolute atomic E-state index is 10.7. The number of aliphatic carboxylic acids is 1. The van der Waals surface area contributed by atoms with Crippen molar-refractivity contribution in [3.63, 3.8) is 0 Å². The van der Waals surface area contributed by atoms with Crippen LogP contribution in [0.25, 0.3) is 0 Å². The van der Waals surface area contributed by atoms with Gasteiger partial charge in [0.2, 0.25) is 0 Å². The molecule has 1 fully saturated rings. The highest BCUT2D eigenvalue weighted by atomic mass is 35.5. The van der Waals surface area contributed by atoms with Crippen molar-refractivity contribution in [3.05, 3.63) is 34.9 Å². The first-order valence-electron chi connectivity index (χ1n) is 5.96. The number of hydrogen-bond acceptors (Lipinski definition) is 3. The van der Waals surface area contributed by atoms with Crippen molar-refractivity contribution in [2.45, 2.75) is 12.5 Å². The zero-order chi connectivity index (χ0) is 13.0. The maximum Gasteiger partial charge on any atom is 0.304 e. The van der Waals surface area contributed by atoms with E-state index in [0.717, 1.165) is 23.1 Å². The lowest BCUT2D eigenvalue weighted by Crippen LogP contribution is -2.37. The Balaban J connectivity index is 2.07. The van der Waals surface area contributed by atoms with E-state index >= 15 is 0 Å². The molecule has 1 N–H and O–H groups in total. The summed E-state index contributed by atoms with van der Waals surface area (Å²) in [7, 11) is 0. The van der Waals surface area contributed by atoms with E-state index in [1.54, 1.807) is 0 Å². The van der Waals surface area contributed by atoms with Crippen molar-refractivity contribution in [1.29, 1.82) is 0 Å². The molecule has 1 aliphatic heterocycles. The lowest BCUT2D eigenvalue weighted by atomic mass is 10.1. The molecule has 0 radical (unpaired) electrons. The topological polar surface area (TPSA) is 40.5 Å². The normalized spacial score (nSPS) is 20.8. The predicted molar refractivity (Wildman–Crippen MR) is 75.3 cm³/mol. The summed E-state index contributed by atoms with van der Waals surface area (Å²) in [5.74, 6) is 1.35. The van der Waals surface area contributed by atoms with E-state index in [4.69, 9.17) is 16.7 Å². The Kier molecular flexibility index (Phi) is 4.92. The first-order valence-corrected chi connectivity index (χ1v) is 7.49. The number of carbonyl (C=O) groups is 1. The quantitative estimate of drug-likeness (QED) is 0.923. The highest BCUT2D eigenvalue weighted by Crippen LogP contribution is 2.30. The van der Waals surface area contributed by atoms with Gasteiger partial charge in [0.15, 0.2) is 0 Å². The van der Waals surface area contributed by atoms with Crippen molar-refractivity contribution in [2.75, 3.05) is 24.6 Å². The van der Waals surface area contributed by atoms with Crippen molar-refractivity contribution >= 4 is 29.3 Å². The van der Waals surface area contributed by atoms with Gasteiger partial charge < -0.3 is 5.11 Å². The lowest BCUT2D eigenvalue weighted by Gasteiger charge is -2.35. The summed E-state index contributed by atoms with van der Waals surface area (Å²) < 4.78 is 0. The molecule has 0 aliphatic carbocycles. The van der Waals surface area contributed by atoms with Crippen molar-refractivity contribution in [2.24, 2.45) is 0 Å². The van der Waals surface area contributed by atoms with Crippen LogP contribution in [-0.4, -0.2) is 40.6 Å². The fourth-order valence-corrected chi connectivity index (χ4v) is 3.42. The Morgan fingerprint density at radius 2 is 2.17 bits per heavy atom. The summed E-state index contributed by atoms with van der Waals surface area (Å²) >= 11 is 7.81. The van der Waals surface area contributed by atoms with Crippen molar-refractivity contribution < 1.29 is 9.90 Å². The minimum Gasteiger partial charge on any atom is -0.481 e. The van der Waals surface area contributed by atoms with E-state index in [1.807, 2.05) is 36.0 Å². The van der Waals surface area contributed by atoms with Crippen LogP contribution in [0, 0.1) is 0 Å². The largest absolute Gasteiger partial charge is 0.481 e. The first-order chi connectivity index (χ1) is 8.66. The van der Waals surface area contributed by atoms with Gasteiger partial charge in [-0.15, -0.1) is 0 Å². The Labute approximate surface area is 116 Å². The summed E-state index contributed by atoms with van der Waals surface area (Å²) in [5.41, 5.74) is 1.22. The Morgan fingerprint density at radius 1 is 1.44 bits per heavy atom. The lowest BCUT2D eigenvalue weighted by molar-refractivity contribution is -0.137. The summed E-state index contributed by atoms with van der Waals surface area (Å²) in [6, 6.07) is 8.16. The molecular formula is C13H16ClNO2S. The van der Waals surface area contributed by atoms with Gasteiger partial charge in [0.1, 0.15) is 0 Å². The molecule has 2 rings (SSSR count). The van der Waals surface area contributed by atoms with Crippen LogP contribution in [-0.2, 0) is 4.79 Å². The Hall–Kier alpha value is -0.710. The second kappa shape index (κ2) is 6.45. The number of halogens is 1. The third-order valence-corrected chi connectivity index (χ3v) is 4.38. The minimum absolute atomic E-state index is 0.203. The van der Waals surface area contributed by atoms with Gasteiger partial charge in [-0.2, -0.15) is 11.8 Å². The van der Waals surface area contributed by atoms with Gasteiger partial charge in [-0.1, -0.05) is 23.7 Å². The van der Waals surface area contributed by atoms with Crippen LogP contribution in [0.2, 0.25) is 5.02 Å². The van der Waals surface area contributed by atoms with Crippen LogP contribution in [0.4, 0.5) is 0 Å². The number of thioether (sulfide) groups is 1. The summed E-state index contributed by atoms with van der Waals surface area (Å²) in [4.78, 5) is 12.9. The van der Waals surface area contributed by atoms with Crippen LogP contribution < -0.4 is 0 Å². The van der Waals surface area contributed by atoms with Crippen LogP contribution >= 0.6 is 23.4 Å². The molecule has 0 bridgehead atoms. The van der Waals surface area contributed by atoms with Crippen LogP contribution in [0.15, 0.2) is 24.3 Å². The zero-order valence-corrected chi connectivity index (χ0v) is 11.6. The van der Waals surface area contributed by atoms with E-state index in [1.165, 1.54) is 5.56 Å². The number of benzene rings is 1. The number of hydrogen-bond donors (Lipinski definition) is 1. The number of carboxylic acids is 1. The molecule has 18 heavy (non-hydrogen) atoms. The van der Waals surface area contributed by atoms with Crippen LogP contribution in [0.5, 0.6) is 0 Å². The van der Waals surface area contributed by atoms with Gasteiger partial charge >= 0.3 is 5.97 Å². The highest BCUT2D eigenvalue weighted by molar-refractivity contribution is 7.99. The third-order valence-electron chi connectivity index (χ3n) is 3.11. The SMILES string of the molecule is O=C(O)CCN1CCSC[C@@H]1c1ccc(Cl)cc1. The van der Waals surface area contributed by atoms with E-state index < -0.39 is 5.97 Å². The molecule has 3 nitrogen and oxygen atoms in total. The molecule has 1 saturated heterocycles. The monoisotopic (exact) mass is 285 g/mol. The summed E-state index contributed by atoms with van der Waals surface area (Å²) in [6.07, 6.45) is 0.203. The van der Waals surface area contributed by atoms with Crippen molar-refractivity contribution in [3.8, 4) is 0 Å². The maximum atomic E-state index is 10.7. The molecule has 0 saturated carbocycles. The first kappa shape index (κ1) is 13.7. The Bertz CT molecular complexity index is 410. The van der Waals surface area contributed by atoms with Gasteiger partial charge in [-0.05, 0) is 17.7 Å². The molecular weight excluding hydrogens is 270 g/mol. The van der Waals surface area contributed by atoms with Gasteiger partial charge in [0.25, 0.3) is 0 Å². The molecule has 0 unspecified atom stereocenters. The van der Waals surface area contributed by atoms with E-state index in [9.17, 15) is 4.79 Å². The number of nitrogens with zero attached hydrogens (tertiary/aromatic N) is 1. The predicted octanol–water partition coefficient (Wildman–Crippen LogP) is 2.90. The summed E-state index contributed by atoms with van der Waals surface area (Å²) in [5, 5.41) is 9.52. The van der Waals surface area contributed by atoms with E-state index in [2.05, 4.69) is 4.90 Å². The van der Waals surface area contributed by atoms with Crippen LogP contribution in [0.1, 0.15) is 18.0 Å². The van der Waals surface area contributed by atoms with E-state index in [-0.39, 0.29) is 6.42 Å². The summed E-state index contributed by atoms with van der Waals surface area (Å²) in [6.45, 7) is 1.56. The molecule has 1 atom stereocenters. The van der Waals surface area contributed by atoms with Crippen molar-refractivity contribution in [1.82, 2.24) is 4.90 Å². The van der Waals surface area contributed by atoms with Gasteiger partial charge in [0.05, 0.1) is 6.42 Å². The van der Waals surface area contributed by atoms with Gasteiger partial charge in [-0.25, -0.2) is 0 Å². The minimum atomic E-state index is -0.733. The highest BCUT2D eigenvalue weighted by Gasteiger charge is 2.24. The fourth-order valence-electron chi connectivity index (χ4n) is 2.14. The van der Waals surface area contributed by atoms with Gasteiger partial charge in [-0.3, -0.25) is 9.69 Å². The van der Waals surface area contributed by atoms with Gasteiger partial charge in [0, 0.05) is 35.7 Å². The molecule has 1 aliphatic rings. The average Bonchev–Trinajstić information content (AvgIpc) is 2.38. The number of carboxylic acid groups (broad SMARTS) is 1. The molecule has 0 spiro atoms. The average molecular weight is 286 g/mol. The van der Waals surface area contributed by atoms with Crippen LogP contribution in [0.3, 0.4) is 0 Å². The molecule has 1 aromatic carbocycles. The second-order valence-electron chi connectivity index (χ2n) is 4.32. The standard InChI is InChI=1S/C13H16ClNO2S/c14-11-3-1-10(2-4-11)12-9-18-8-7-15(12)6-5-13(16)17/h1-4,12H,5-9H2,(H,16,17)/t12-/m1/s1. The molecule has 1 heterocycles. The molecule has 0 aromatic heterocycles. The smallest absolute Gasteiger partial charge is 0.304 e. The molecule has 1 aromatic rings. The molecule has 0 amide bonds. The third kappa shape index (κ3) is 3.64. The van der Waals surface area contributed by atoms with E-state index in [0.29, 0.717) is 12.6 Å². The fraction of sp³-hybridized carbons (Fsp3) is 0.462. The Morgan fingerprint density at radius 3 is 2.83 bits per heavy atom. The zero-order valence-electron chi connectivity index (χ0n) is 10.0.